The van der Waals surface area contributed by atoms with Crippen LogP contribution in [0.4, 0.5) is 5.69 Å². The number of benzene rings is 1. The number of aliphatic imine (C=N–C) groups is 1. The second-order valence-corrected chi connectivity index (χ2v) is 5.48. The standard InChI is InChI=1S/C19H14N2O5/c1-2-24-18(22)15-10-16-13(20-15)8-12(25-16)9-14-19(23)26-17(21-14)11-6-4-3-5-7-11/h3-10,23H,2H2,1H3/b12-9+. The van der Waals surface area contributed by atoms with Crippen LogP contribution in [-0.2, 0) is 9.53 Å². The fraction of sp³-hybridized carbons (Fsp3) is 0.105. The van der Waals surface area contributed by atoms with Gasteiger partial charge in [-0.3, -0.25) is 0 Å². The average Bonchev–Trinajstić information content (AvgIpc) is 3.30. The van der Waals surface area contributed by atoms with Gasteiger partial charge >= 0.3 is 11.9 Å². The zero-order valence-electron chi connectivity index (χ0n) is 13.8. The van der Waals surface area contributed by atoms with Crippen LogP contribution in [-0.4, -0.2) is 28.4 Å². The summed E-state index contributed by atoms with van der Waals surface area (Å²) in [5.74, 6) is -0.492. The molecule has 26 heavy (non-hydrogen) atoms. The molecule has 1 N–H and O–H groups in total. The molecule has 0 saturated heterocycles. The highest BCUT2D eigenvalue weighted by molar-refractivity contribution is 6.49. The van der Waals surface area contributed by atoms with Gasteiger partial charge in [0.15, 0.2) is 16.8 Å². The summed E-state index contributed by atoms with van der Waals surface area (Å²) in [5, 5.41) is 9.98. The van der Waals surface area contributed by atoms with E-state index in [1.165, 1.54) is 12.2 Å². The summed E-state index contributed by atoms with van der Waals surface area (Å²) in [6.07, 6.45) is 3.06. The number of furan rings is 1. The fourth-order valence-corrected chi connectivity index (χ4v) is 2.53. The van der Waals surface area contributed by atoms with Crippen LogP contribution in [0, 0.1) is 0 Å². The molecule has 0 unspecified atom stereocenters. The molecule has 0 amide bonds. The average molecular weight is 350 g/mol. The van der Waals surface area contributed by atoms with Gasteiger partial charge in [0.25, 0.3) is 0 Å². The Morgan fingerprint density at radius 1 is 1.27 bits per heavy atom. The molecule has 3 heterocycles. The number of aromatic hydroxyl groups is 1. The maximum atomic E-state index is 11.7. The lowest BCUT2D eigenvalue weighted by Crippen LogP contribution is -2.14. The molecule has 1 aliphatic heterocycles. The largest absolute Gasteiger partial charge is 0.479 e. The zero-order valence-corrected chi connectivity index (χ0v) is 13.8. The SMILES string of the molecule is CCOC(=O)C1=Nc2c/c(=C\c3nc(-c4ccccc4)oc3O)oc2=C1. The third kappa shape index (κ3) is 2.90. The predicted octanol–water partition coefficient (Wildman–Crippen LogP) is 1.90. The molecule has 0 atom stereocenters. The van der Waals surface area contributed by atoms with Crippen molar-refractivity contribution in [2.45, 2.75) is 6.92 Å². The Morgan fingerprint density at radius 3 is 2.81 bits per heavy atom. The summed E-state index contributed by atoms with van der Waals surface area (Å²) in [6.45, 7) is 2.01. The maximum Gasteiger partial charge on any atom is 0.357 e. The Hall–Kier alpha value is -3.61. The van der Waals surface area contributed by atoms with Crippen LogP contribution >= 0.6 is 0 Å². The van der Waals surface area contributed by atoms with Gasteiger partial charge in [0.05, 0.1) is 6.61 Å². The van der Waals surface area contributed by atoms with Crippen LogP contribution in [0.2, 0.25) is 0 Å². The zero-order chi connectivity index (χ0) is 18.1. The molecule has 7 heteroatoms. The molecule has 4 rings (SSSR count). The van der Waals surface area contributed by atoms with Crippen LogP contribution in [0.3, 0.4) is 0 Å². The topological polar surface area (TPSA) is 98.1 Å². The number of carbonyl (C=O) groups excluding carboxylic acids is 1. The smallest absolute Gasteiger partial charge is 0.357 e. The summed E-state index contributed by atoms with van der Waals surface area (Å²) in [7, 11) is 0. The predicted molar refractivity (Wildman–Crippen MR) is 93.3 cm³/mol. The van der Waals surface area contributed by atoms with Gasteiger partial charge in [0.1, 0.15) is 11.1 Å². The molecule has 0 radical (unpaired) electrons. The normalized spacial score (nSPS) is 13.3. The first-order chi connectivity index (χ1) is 12.6. The Bertz CT molecular complexity index is 1120. The summed E-state index contributed by atoms with van der Waals surface area (Å²) < 4.78 is 15.8. The van der Waals surface area contributed by atoms with E-state index in [1.807, 2.05) is 30.3 Å². The van der Waals surface area contributed by atoms with Gasteiger partial charge in [-0.1, -0.05) is 18.2 Å². The third-order valence-electron chi connectivity index (χ3n) is 3.69. The molecule has 0 spiro atoms. The molecule has 7 nitrogen and oxygen atoms in total. The van der Waals surface area contributed by atoms with E-state index in [0.717, 1.165) is 5.56 Å². The van der Waals surface area contributed by atoms with Crippen LogP contribution in [0.5, 0.6) is 5.95 Å². The molecule has 130 valence electrons. The molecule has 0 fully saturated rings. The molecular formula is C19H14N2O5. The minimum absolute atomic E-state index is 0.197. The highest BCUT2D eigenvalue weighted by Crippen LogP contribution is 2.26. The molecule has 0 aliphatic carbocycles. The van der Waals surface area contributed by atoms with E-state index in [1.54, 1.807) is 13.0 Å². The molecule has 0 bridgehead atoms. The lowest BCUT2D eigenvalue weighted by molar-refractivity contribution is -0.134. The van der Waals surface area contributed by atoms with Crippen LogP contribution in [0.25, 0.3) is 23.6 Å². The first-order valence-corrected chi connectivity index (χ1v) is 7.98. The van der Waals surface area contributed by atoms with Crippen molar-refractivity contribution in [1.82, 2.24) is 4.98 Å². The molecule has 2 aromatic heterocycles. The van der Waals surface area contributed by atoms with Gasteiger partial charge in [-0.25, -0.2) is 14.8 Å². The second-order valence-electron chi connectivity index (χ2n) is 5.48. The van der Waals surface area contributed by atoms with Crippen molar-refractivity contribution in [1.29, 1.82) is 0 Å². The van der Waals surface area contributed by atoms with E-state index in [4.69, 9.17) is 13.6 Å². The number of oxazole rings is 1. The number of hydrogen-bond acceptors (Lipinski definition) is 7. The van der Waals surface area contributed by atoms with Crippen molar-refractivity contribution in [3.63, 3.8) is 0 Å². The third-order valence-corrected chi connectivity index (χ3v) is 3.69. The van der Waals surface area contributed by atoms with E-state index in [0.29, 0.717) is 22.4 Å². The van der Waals surface area contributed by atoms with Crippen molar-refractivity contribution in [3.05, 3.63) is 52.9 Å². The molecule has 1 aliphatic rings. The number of aromatic nitrogens is 1. The first kappa shape index (κ1) is 15.9. The van der Waals surface area contributed by atoms with Crippen molar-refractivity contribution >= 4 is 29.5 Å². The summed E-state index contributed by atoms with van der Waals surface area (Å²) in [4.78, 5) is 20.1. The lowest BCUT2D eigenvalue weighted by atomic mass is 10.2. The highest BCUT2D eigenvalue weighted by atomic mass is 16.5. The Balaban J connectivity index is 1.65. The van der Waals surface area contributed by atoms with E-state index >= 15 is 0 Å². The van der Waals surface area contributed by atoms with Gasteiger partial charge in [0, 0.05) is 23.8 Å². The van der Waals surface area contributed by atoms with Crippen molar-refractivity contribution in [2.75, 3.05) is 6.61 Å². The maximum absolute atomic E-state index is 11.7. The van der Waals surface area contributed by atoms with Crippen LogP contribution < -0.4 is 10.8 Å². The highest BCUT2D eigenvalue weighted by Gasteiger charge is 2.18. The Kier molecular flexibility index (Phi) is 3.89. The van der Waals surface area contributed by atoms with E-state index in [2.05, 4.69) is 9.98 Å². The van der Waals surface area contributed by atoms with E-state index < -0.39 is 5.97 Å². The number of carbonyl (C=O) groups is 1. The van der Waals surface area contributed by atoms with Crippen molar-refractivity contribution in [3.8, 4) is 17.4 Å². The second kappa shape index (κ2) is 6.36. The number of hydrogen-bond donors (Lipinski definition) is 1. The quantitative estimate of drug-likeness (QED) is 0.722. The number of ether oxygens (including phenoxy) is 1. The van der Waals surface area contributed by atoms with Crippen molar-refractivity contribution in [2.24, 2.45) is 4.99 Å². The molecular weight excluding hydrogens is 336 g/mol. The Morgan fingerprint density at radius 2 is 2.08 bits per heavy atom. The van der Waals surface area contributed by atoms with Gasteiger partial charge in [-0.2, -0.15) is 0 Å². The van der Waals surface area contributed by atoms with E-state index in [-0.39, 0.29) is 24.0 Å². The molecule has 1 aromatic carbocycles. The minimum Gasteiger partial charge on any atom is -0.479 e. The fourth-order valence-electron chi connectivity index (χ4n) is 2.53. The van der Waals surface area contributed by atoms with Gasteiger partial charge in [0.2, 0.25) is 5.89 Å². The van der Waals surface area contributed by atoms with Crippen LogP contribution in [0.1, 0.15) is 12.6 Å². The van der Waals surface area contributed by atoms with Gasteiger partial charge in [-0.15, -0.1) is 0 Å². The van der Waals surface area contributed by atoms with E-state index in [9.17, 15) is 9.90 Å². The monoisotopic (exact) mass is 350 g/mol. The van der Waals surface area contributed by atoms with Crippen molar-refractivity contribution < 1.29 is 23.5 Å². The number of fused-ring (bicyclic) bond motifs is 1. The summed E-state index contributed by atoms with van der Waals surface area (Å²) in [5.41, 5.74) is 2.59. The summed E-state index contributed by atoms with van der Waals surface area (Å²) in [6, 6.07) is 10.9. The summed E-state index contributed by atoms with van der Waals surface area (Å²) >= 11 is 0. The minimum atomic E-state index is -0.494. The van der Waals surface area contributed by atoms with Gasteiger partial charge < -0.3 is 18.7 Å². The number of rotatable bonds is 4. The lowest BCUT2D eigenvalue weighted by Gasteiger charge is -1.97. The number of esters is 1. The molecule has 0 saturated carbocycles. The first-order valence-electron chi connectivity index (χ1n) is 7.98. The Labute approximate surface area is 147 Å². The number of nitrogens with zero attached hydrogens (tertiary/aromatic N) is 2. The van der Waals surface area contributed by atoms with Gasteiger partial charge in [-0.05, 0) is 19.1 Å². The van der Waals surface area contributed by atoms with Crippen LogP contribution in [0.15, 0.2) is 50.2 Å². The molecule has 3 aromatic rings.